The zero-order valence-electron chi connectivity index (χ0n) is 14.9. The van der Waals surface area contributed by atoms with Gasteiger partial charge in [-0.05, 0) is 44.2 Å². The van der Waals surface area contributed by atoms with Gasteiger partial charge < -0.3 is 19.9 Å². The van der Waals surface area contributed by atoms with E-state index >= 15 is 0 Å². The number of hydrogen-bond donors (Lipinski definition) is 1. The number of nitrogens with zero attached hydrogens (tertiary/aromatic N) is 2. The molecule has 1 spiro atoms. The Labute approximate surface area is 140 Å². The molecule has 0 aliphatic carbocycles. The highest BCUT2D eigenvalue weighted by atomic mass is 16.6. The maximum atomic E-state index is 12.1. The summed E-state index contributed by atoms with van der Waals surface area (Å²) >= 11 is 0. The summed E-state index contributed by atoms with van der Waals surface area (Å²) in [7, 11) is 0. The summed E-state index contributed by atoms with van der Waals surface area (Å²) in [5.41, 5.74) is -0.199. The van der Waals surface area contributed by atoms with E-state index in [-0.39, 0.29) is 11.7 Å². The Hall–Kier alpha value is -0.810. The second kappa shape index (κ2) is 7.39. The van der Waals surface area contributed by atoms with Gasteiger partial charge in [0.25, 0.3) is 0 Å². The summed E-state index contributed by atoms with van der Waals surface area (Å²) in [6, 6.07) is 0. The van der Waals surface area contributed by atoms with Crippen molar-refractivity contribution in [1.29, 1.82) is 0 Å². The van der Waals surface area contributed by atoms with Crippen LogP contribution in [0, 0.1) is 11.8 Å². The molecule has 0 aromatic heterocycles. The molecule has 3 aliphatic rings. The maximum Gasteiger partial charge on any atom is 0.410 e. The Bertz CT molecular complexity index is 399. The molecule has 3 saturated heterocycles. The fraction of sp³-hybridized carbons (Fsp3) is 0.944. The summed E-state index contributed by atoms with van der Waals surface area (Å²) < 4.78 is 5.82. The van der Waals surface area contributed by atoms with Crippen molar-refractivity contribution in [3.63, 3.8) is 0 Å². The van der Waals surface area contributed by atoms with Crippen LogP contribution in [0.5, 0.6) is 0 Å². The highest BCUT2D eigenvalue weighted by molar-refractivity contribution is 5.70. The largest absolute Gasteiger partial charge is 0.441 e. The summed E-state index contributed by atoms with van der Waals surface area (Å²) in [5, 5.41) is 3.51. The van der Waals surface area contributed by atoms with E-state index in [1.165, 1.54) is 32.5 Å². The number of hydrogen-bond acceptors (Lipinski definition) is 4. The summed E-state index contributed by atoms with van der Waals surface area (Å²) in [6.07, 6.45) is 5.63. The van der Waals surface area contributed by atoms with E-state index < -0.39 is 0 Å². The van der Waals surface area contributed by atoms with Crippen LogP contribution in [0.3, 0.4) is 0 Å². The third-order valence-electron chi connectivity index (χ3n) is 5.70. The lowest BCUT2D eigenvalue weighted by molar-refractivity contribution is -0.00339. The summed E-state index contributed by atoms with van der Waals surface area (Å²) in [5.74, 6) is 1.43. The van der Waals surface area contributed by atoms with Gasteiger partial charge >= 0.3 is 6.09 Å². The zero-order valence-corrected chi connectivity index (χ0v) is 14.9. The van der Waals surface area contributed by atoms with E-state index in [2.05, 4.69) is 24.1 Å². The average molecular weight is 323 g/mol. The molecule has 132 valence electrons. The van der Waals surface area contributed by atoms with E-state index in [0.29, 0.717) is 5.92 Å². The third kappa shape index (κ3) is 4.38. The number of rotatable bonds is 5. The Morgan fingerprint density at radius 1 is 1.35 bits per heavy atom. The molecule has 5 heteroatoms. The van der Waals surface area contributed by atoms with Gasteiger partial charge in [0.1, 0.15) is 5.60 Å². The van der Waals surface area contributed by atoms with Crippen LogP contribution < -0.4 is 5.32 Å². The predicted molar refractivity (Wildman–Crippen MR) is 91.5 cm³/mol. The smallest absolute Gasteiger partial charge is 0.410 e. The molecule has 1 unspecified atom stereocenters. The van der Waals surface area contributed by atoms with Crippen molar-refractivity contribution in [2.75, 3.05) is 45.8 Å². The van der Waals surface area contributed by atoms with Crippen LogP contribution in [0.4, 0.5) is 4.79 Å². The van der Waals surface area contributed by atoms with Crippen LogP contribution in [0.25, 0.3) is 0 Å². The van der Waals surface area contributed by atoms with Crippen LogP contribution >= 0.6 is 0 Å². The molecule has 3 heterocycles. The number of piperidine rings is 2. The first-order chi connectivity index (χ1) is 11.1. The van der Waals surface area contributed by atoms with Gasteiger partial charge in [-0.15, -0.1) is 0 Å². The van der Waals surface area contributed by atoms with Crippen molar-refractivity contribution in [2.45, 2.75) is 51.6 Å². The second-order valence-corrected chi connectivity index (χ2v) is 8.17. The predicted octanol–water partition coefficient (Wildman–Crippen LogP) is 2.32. The van der Waals surface area contributed by atoms with Crippen LogP contribution in [0.15, 0.2) is 0 Å². The number of likely N-dealkylation sites (tertiary alicyclic amines) is 1. The molecular formula is C18H33N3O2. The number of carbonyl (C=O) groups excluding carboxylic acids is 1. The third-order valence-corrected chi connectivity index (χ3v) is 5.70. The Morgan fingerprint density at radius 2 is 2.13 bits per heavy atom. The molecule has 1 amide bonds. The maximum absolute atomic E-state index is 12.1. The molecule has 3 aliphatic heterocycles. The first-order valence-electron chi connectivity index (χ1n) is 9.47. The quantitative estimate of drug-likeness (QED) is 0.843. The molecule has 3 fully saturated rings. The highest BCUT2D eigenvalue weighted by Crippen LogP contribution is 2.33. The molecule has 1 N–H and O–H groups in total. The lowest BCUT2D eigenvalue weighted by Crippen LogP contribution is -2.49. The number of ether oxygens (including phenoxy) is 1. The molecule has 0 aromatic rings. The molecule has 0 radical (unpaired) electrons. The summed E-state index contributed by atoms with van der Waals surface area (Å²) in [4.78, 5) is 16.6. The SMILES string of the molecule is CC(C)CCN1CC2(CCN(CC3CCCNC3)CC2)OC1=O. The molecule has 3 rings (SSSR count). The number of nitrogens with one attached hydrogen (secondary N) is 1. The van der Waals surface area contributed by atoms with Crippen molar-refractivity contribution < 1.29 is 9.53 Å². The van der Waals surface area contributed by atoms with Gasteiger partial charge in [0.05, 0.1) is 6.54 Å². The van der Waals surface area contributed by atoms with Crippen LogP contribution in [-0.4, -0.2) is 67.3 Å². The van der Waals surface area contributed by atoms with Gasteiger partial charge in [0.2, 0.25) is 0 Å². The van der Waals surface area contributed by atoms with Crippen LogP contribution in [0.2, 0.25) is 0 Å². The Kier molecular flexibility index (Phi) is 5.47. The number of amides is 1. The minimum Gasteiger partial charge on any atom is -0.441 e. The van der Waals surface area contributed by atoms with Crippen LogP contribution in [0.1, 0.15) is 46.0 Å². The minimum atomic E-state index is -0.199. The van der Waals surface area contributed by atoms with Crippen molar-refractivity contribution in [2.24, 2.45) is 11.8 Å². The van der Waals surface area contributed by atoms with Gasteiger partial charge in [-0.2, -0.15) is 0 Å². The van der Waals surface area contributed by atoms with Crippen molar-refractivity contribution in [3.8, 4) is 0 Å². The van der Waals surface area contributed by atoms with E-state index in [0.717, 1.165) is 51.4 Å². The summed E-state index contributed by atoms with van der Waals surface area (Å²) in [6.45, 7) is 11.7. The Morgan fingerprint density at radius 3 is 2.78 bits per heavy atom. The molecule has 1 atom stereocenters. The van der Waals surface area contributed by atoms with Crippen molar-refractivity contribution in [1.82, 2.24) is 15.1 Å². The molecule has 5 nitrogen and oxygen atoms in total. The van der Waals surface area contributed by atoms with E-state index in [9.17, 15) is 4.79 Å². The average Bonchev–Trinajstić information content (AvgIpc) is 2.85. The topological polar surface area (TPSA) is 44.8 Å². The highest BCUT2D eigenvalue weighted by Gasteiger charge is 2.46. The van der Waals surface area contributed by atoms with E-state index in [4.69, 9.17) is 4.74 Å². The normalized spacial score (nSPS) is 28.6. The first kappa shape index (κ1) is 17.0. The van der Waals surface area contributed by atoms with Crippen LogP contribution in [-0.2, 0) is 4.74 Å². The monoisotopic (exact) mass is 323 g/mol. The van der Waals surface area contributed by atoms with Gasteiger partial charge in [0, 0.05) is 39.0 Å². The lowest BCUT2D eigenvalue weighted by atomic mass is 9.90. The lowest BCUT2D eigenvalue weighted by Gasteiger charge is -2.39. The minimum absolute atomic E-state index is 0.0874. The van der Waals surface area contributed by atoms with Gasteiger partial charge in [0.15, 0.2) is 0 Å². The van der Waals surface area contributed by atoms with Crippen molar-refractivity contribution in [3.05, 3.63) is 0 Å². The standard InChI is InChI=1S/C18H33N3O2/c1-15(2)5-9-21-14-18(23-17(21)22)6-10-20(11-7-18)13-16-4-3-8-19-12-16/h15-16,19H,3-14H2,1-2H3. The van der Waals surface area contributed by atoms with Gasteiger partial charge in [-0.1, -0.05) is 13.8 Å². The number of carbonyl (C=O) groups is 1. The van der Waals surface area contributed by atoms with E-state index in [1.54, 1.807) is 0 Å². The molecule has 0 aromatic carbocycles. The van der Waals surface area contributed by atoms with Gasteiger partial charge in [-0.25, -0.2) is 4.79 Å². The molecule has 0 bridgehead atoms. The van der Waals surface area contributed by atoms with Crippen molar-refractivity contribution >= 4 is 6.09 Å². The molecule has 23 heavy (non-hydrogen) atoms. The fourth-order valence-electron chi connectivity index (χ4n) is 4.13. The first-order valence-corrected chi connectivity index (χ1v) is 9.47. The second-order valence-electron chi connectivity index (χ2n) is 8.17. The van der Waals surface area contributed by atoms with Gasteiger partial charge in [-0.3, -0.25) is 0 Å². The molecule has 0 saturated carbocycles. The zero-order chi connectivity index (χ0) is 16.3. The van der Waals surface area contributed by atoms with E-state index in [1.807, 2.05) is 4.90 Å². The molecular weight excluding hydrogens is 290 g/mol. The Balaban J connectivity index is 1.45. The fourth-order valence-corrected chi connectivity index (χ4v) is 4.13.